The van der Waals surface area contributed by atoms with E-state index in [1.807, 2.05) is 0 Å². The van der Waals surface area contributed by atoms with E-state index >= 15 is 0 Å². The maximum absolute atomic E-state index is 10.5. The average Bonchev–Trinajstić information content (AvgIpc) is 2.16. The van der Waals surface area contributed by atoms with Crippen LogP contribution in [0.2, 0.25) is 0 Å². The molecule has 6 heteroatoms. The van der Waals surface area contributed by atoms with Crippen molar-refractivity contribution in [2.24, 2.45) is 0 Å². The molecule has 0 fully saturated rings. The van der Waals surface area contributed by atoms with E-state index in [0.717, 1.165) is 0 Å². The zero-order chi connectivity index (χ0) is 9.84. The molecule has 0 radical (unpaired) electrons. The van der Waals surface area contributed by atoms with Crippen molar-refractivity contribution in [3.63, 3.8) is 0 Å². The first-order valence-corrected chi connectivity index (χ1v) is 4.60. The Bertz CT molecular complexity index is 307. The van der Waals surface area contributed by atoms with Crippen LogP contribution in [0, 0.1) is 0 Å². The van der Waals surface area contributed by atoms with Crippen LogP contribution in [-0.4, -0.2) is 34.4 Å². The molecule has 1 aromatic heterocycles. The number of carbonyl (C=O) groups is 1. The Morgan fingerprint density at radius 3 is 2.77 bits per heavy atom. The summed E-state index contributed by atoms with van der Waals surface area (Å²) < 4.78 is 4.82. The summed E-state index contributed by atoms with van der Waals surface area (Å²) in [4.78, 5) is 18.0. The highest BCUT2D eigenvalue weighted by Crippen LogP contribution is 2.16. The normalized spacial score (nSPS) is 9.69. The minimum atomic E-state index is -1.16. The van der Waals surface area contributed by atoms with Gasteiger partial charge in [0.1, 0.15) is 5.03 Å². The highest BCUT2D eigenvalue weighted by Gasteiger charge is 2.10. The lowest BCUT2D eigenvalue weighted by Gasteiger charge is -2.01. The molecule has 0 spiro atoms. The maximum atomic E-state index is 10.5. The fourth-order valence-electron chi connectivity index (χ4n) is 0.709. The summed E-state index contributed by atoms with van der Waals surface area (Å²) in [7, 11) is 1.43. The molecule has 0 saturated heterocycles. The van der Waals surface area contributed by atoms with Crippen molar-refractivity contribution < 1.29 is 14.6 Å². The van der Waals surface area contributed by atoms with Gasteiger partial charge in [-0.15, -0.1) is 11.8 Å². The zero-order valence-electron chi connectivity index (χ0n) is 7.14. The molecule has 13 heavy (non-hydrogen) atoms. The second-order valence-electron chi connectivity index (χ2n) is 2.08. The van der Waals surface area contributed by atoms with Gasteiger partial charge in [0, 0.05) is 6.07 Å². The quantitative estimate of drug-likeness (QED) is 0.577. The molecule has 1 aromatic rings. The first-order valence-electron chi connectivity index (χ1n) is 3.37. The molecular formula is C7H8N2O3S. The summed E-state index contributed by atoms with van der Waals surface area (Å²) >= 11 is 1.34. The van der Waals surface area contributed by atoms with E-state index in [2.05, 4.69) is 9.97 Å². The number of hydrogen-bond donors (Lipinski definition) is 1. The number of thioether (sulfide) groups is 1. The summed E-state index contributed by atoms with van der Waals surface area (Å²) in [6, 6.07) is 1.58. The van der Waals surface area contributed by atoms with E-state index in [1.165, 1.54) is 18.9 Å². The molecule has 0 amide bonds. The van der Waals surface area contributed by atoms with Crippen LogP contribution in [-0.2, 0) is 0 Å². The molecule has 0 saturated carbocycles. The number of carboxylic acids is 1. The Morgan fingerprint density at radius 2 is 2.31 bits per heavy atom. The molecular weight excluding hydrogens is 192 g/mol. The van der Waals surface area contributed by atoms with Crippen LogP contribution >= 0.6 is 11.8 Å². The fraction of sp³-hybridized carbons (Fsp3) is 0.286. The molecule has 1 heterocycles. The van der Waals surface area contributed by atoms with Crippen LogP contribution < -0.4 is 4.74 Å². The first kappa shape index (κ1) is 9.79. The van der Waals surface area contributed by atoms with Crippen LogP contribution in [0.3, 0.4) is 0 Å². The Labute approximate surface area is 79.2 Å². The van der Waals surface area contributed by atoms with Crippen molar-refractivity contribution in [3.8, 4) is 5.88 Å². The minimum absolute atomic E-state index is 0.247. The van der Waals surface area contributed by atoms with Crippen LogP contribution in [0.1, 0.15) is 10.6 Å². The molecule has 0 atom stereocenters. The number of aromatic nitrogens is 2. The lowest BCUT2D eigenvalue weighted by atomic mass is 10.5. The number of methoxy groups -OCH3 is 1. The molecule has 0 aromatic carbocycles. The Hall–Kier alpha value is -1.30. The predicted octanol–water partition coefficient (Wildman–Crippen LogP) is 0.905. The van der Waals surface area contributed by atoms with Gasteiger partial charge in [-0.1, -0.05) is 0 Å². The molecule has 0 aliphatic carbocycles. The molecule has 0 unspecified atom stereocenters. The predicted molar refractivity (Wildman–Crippen MR) is 47.3 cm³/mol. The number of rotatable bonds is 3. The Morgan fingerprint density at radius 1 is 1.62 bits per heavy atom. The van der Waals surface area contributed by atoms with Gasteiger partial charge in [0.15, 0.2) is 0 Å². The second-order valence-corrected chi connectivity index (χ2v) is 2.91. The van der Waals surface area contributed by atoms with Crippen molar-refractivity contribution in [3.05, 3.63) is 11.9 Å². The number of carboxylic acid groups (broad SMARTS) is 1. The van der Waals surface area contributed by atoms with Gasteiger partial charge < -0.3 is 9.84 Å². The van der Waals surface area contributed by atoms with Gasteiger partial charge in [-0.25, -0.2) is 9.78 Å². The van der Waals surface area contributed by atoms with Gasteiger partial charge in [-0.2, -0.15) is 4.98 Å². The van der Waals surface area contributed by atoms with Crippen LogP contribution in [0.5, 0.6) is 5.88 Å². The summed E-state index contributed by atoms with van der Waals surface area (Å²) in [5.41, 5.74) is 0. The van der Waals surface area contributed by atoms with E-state index in [9.17, 15) is 4.79 Å². The van der Waals surface area contributed by atoms with Gasteiger partial charge in [0.25, 0.3) is 0 Å². The number of hydrogen-bond acceptors (Lipinski definition) is 5. The van der Waals surface area contributed by atoms with Gasteiger partial charge in [0.2, 0.25) is 11.7 Å². The van der Waals surface area contributed by atoms with Crippen molar-refractivity contribution in [1.29, 1.82) is 0 Å². The summed E-state index contributed by atoms with van der Waals surface area (Å²) in [6.45, 7) is 0. The average molecular weight is 200 g/mol. The molecule has 0 aliphatic rings. The van der Waals surface area contributed by atoms with Gasteiger partial charge in [-0.05, 0) is 6.26 Å². The lowest BCUT2D eigenvalue weighted by molar-refractivity contribution is 0.0681. The Balaban J connectivity index is 3.14. The molecule has 1 rings (SSSR count). The molecule has 5 nitrogen and oxygen atoms in total. The van der Waals surface area contributed by atoms with Crippen molar-refractivity contribution in [2.75, 3.05) is 13.4 Å². The van der Waals surface area contributed by atoms with Crippen LogP contribution in [0.25, 0.3) is 0 Å². The van der Waals surface area contributed by atoms with Gasteiger partial charge >= 0.3 is 5.97 Å². The first-order chi connectivity index (χ1) is 6.17. The largest absolute Gasteiger partial charge is 0.481 e. The van der Waals surface area contributed by atoms with E-state index in [4.69, 9.17) is 9.84 Å². The SMILES string of the molecule is COc1cc(SC)nc(C(=O)O)n1. The standard InChI is InChI=1S/C7H8N2O3S/c1-12-4-3-5(13-2)9-6(8-4)7(10)11/h3H,1-2H3,(H,10,11). The molecule has 0 bridgehead atoms. The van der Waals surface area contributed by atoms with Crippen molar-refractivity contribution >= 4 is 17.7 Å². The number of ether oxygens (including phenoxy) is 1. The van der Waals surface area contributed by atoms with Crippen molar-refractivity contribution in [1.82, 2.24) is 9.97 Å². The molecule has 1 N–H and O–H groups in total. The van der Waals surface area contributed by atoms with E-state index in [0.29, 0.717) is 5.03 Å². The number of nitrogens with zero attached hydrogens (tertiary/aromatic N) is 2. The highest BCUT2D eigenvalue weighted by atomic mass is 32.2. The molecule has 70 valence electrons. The Kier molecular flexibility index (Phi) is 3.07. The molecule has 0 aliphatic heterocycles. The second kappa shape index (κ2) is 4.08. The van der Waals surface area contributed by atoms with E-state index in [-0.39, 0.29) is 11.7 Å². The highest BCUT2D eigenvalue weighted by molar-refractivity contribution is 7.98. The minimum Gasteiger partial charge on any atom is -0.481 e. The summed E-state index contributed by atoms with van der Waals surface area (Å²) in [5.74, 6) is -1.14. The van der Waals surface area contributed by atoms with E-state index < -0.39 is 5.97 Å². The maximum Gasteiger partial charge on any atom is 0.374 e. The van der Waals surface area contributed by atoms with Crippen LogP contribution in [0.15, 0.2) is 11.1 Å². The smallest absolute Gasteiger partial charge is 0.374 e. The van der Waals surface area contributed by atoms with E-state index in [1.54, 1.807) is 12.3 Å². The summed E-state index contributed by atoms with van der Waals surface area (Å²) in [6.07, 6.45) is 1.80. The fourth-order valence-corrected chi connectivity index (χ4v) is 1.11. The number of aromatic carboxylic acids is 1. The lowest BCUT2D eigenvalue weighted by Crippen LogP contribution is -2.05. The van der Waals surface area contributed by atoms with Crippen molar-refractivity contribution in [2.45, 2.75) is 5.03 Å². The third-order valence-corrected chi connectivity index (χ3v) is 1.92. The summed E-state index contributed by atoms with van der Waals surface area (Å²) in [5, 5.41) is 9.21. The van der Waals surface area contributed by atoms with Crippen LogP contribution in [0.4, 0.5) is 0 Å². The third-order valence-electron chi connectivity index (χ3n) is 1.29. The monoisotopic (exact) mass is 200 g/mol. The van der Waals surface area contributed by atoms with Gasteiger partial charge in [0.05, 0.1) is 7.11 Å². The third kappa shape index (κ3) is 2.32. The topological polar surface area (TPSA) is 72.3 Å². The van der Waals surface area contributed by atoms with Gasteiger partial charge in [-0.3, -0.25) is 0 Å². The zero-order valence-corrected chi connectivity index (χ0v) is 7.96.